The molecule has 0 aliphatic heterocycles. The zero-order valence-corrected chi connectivity index (χ0v) is 13.3. The molecule has 0 aliphatic rings. The molecule has 0 radical (unpaired) electrons. The van der Waals surface area contributed by atoms with E-state index in [1.165, 1.54) is 0 Å². The molecule has 1 aromatic rings. The second kappa shape index (κ2) is 6.75. The summed E-state index contributed by atoms with van der Waals surface area (Å²) < 4.78 is 0.788. The molecule has 0 fully saturated rings. The molecule has 0 bridgehead atoms. The Morgan fingerprint density at radius 1 is 1.47 bits per heavy atom. The highest BCUT2D eigenvalue weighted by Gasteiger charge is 2.15. The average Bonchev–Trinajstić information content (AvgIpc) is 2.36. The van der Waals surface area contributed by atoms with Gasteiger partial charge in [-0.25, -0.2) is 4.98 Å². The highest BCUT2D eigenvalue weighted by atomic mass is 79.9. The summed E-state index contributed by atoms with van der Waals surface area (Å²) >= 11 is 3.43. The van der Waals surface area contributed by atoms with Gasteiger partial charge < -0.3 is 16.4 Å². The van der Waals surface area contributed by atoms with Crippen molar-refractivity contribution >= 4 is 33.3 Å². The van der Waals surface area contributed by atoms with E-state index < -0.39 is 0 Å². The Morgan fingerprint density at radius 2 is 2.11 bits per heavy atom. The molecule has 6 heteroatoms. The van der Waals surface area contributed by atoms with E-state index in [0.717, 1.165) is 10.0 Å². The van der Waals surface area contributed by atoms with Gasteiger partial charge in [0.05, 0.1) is 16.4 Å². The SMILES string of the molecule is Cc1c(N)cnc(NC(C)C(=O)NCC(C)C)c1Br. The molecular formula is C13H21BrN4O. The van der Waals surface area contributed by atoms with Gasteiger partial charge in [-0.05, 0) is 41.3 Å². The van der Waals surface area contributed by atoms with Gasteiger partial charge in [0, 0.05) is 6.54 Å². The first-order valence-corrected chi connectivity index (χ1v) is 7.07. The van der Waals surface area contributed by atoms with Crippen LogP contribution >= 0.6 is 15.9 Å². The smallest absolute Gasteiger partial charge is 0.242 e. The highest BCUT2D eigenvalue weighted by molar-refractivity contribution is 9.10. The Hall–Kier alpha value is -1.30. The first kappa shape index (κ1) is 15.8. The molecule has 1 unspecified atom stereocenters. The number of aromatic nitrogens is 1. The number of nitrogen functional groups attached to an aromatic ring is 1. The topological polar surface area (TPSA) is 80.0 Å². The number of amides is 1. The number of carbonyl (C=O) groups is 1. The number of anilines is 2. The molecule has 1 rings (SSSR count). The van der Waals surface area contributed by atoms with Gasteiger partial charge in [-0.3, -0.25) is 4.79 Å². The highest BCUT2D eigenvalue weighted by Crippen LogP contribution is 2.27. The minimum Gasteiger partial charge on any atom is -0.397 e. The monoisotopic (exact) mass is 328 g/mol. The standard InChI is InChI=1S/C13H21BrN4O/c1-7(2)5-17-13(19)9(4)18-12-11(14)8(3)10(15)6-16-12/h6-7,9H,5,15H2,1-4H3,(H,16,18)(H,17,19). The van der Waals surface area contributed by atoms with Crippen molar-refractivity contribution in [1.82, 2.24) is 10.3 Å². The summed E-state index contributed by atoms with van der Waals surface area (Å²) in [5.41, 5.74) is 7.29. The van der Waals surface area contributed by atoms with Crippen LogP contribution in [0, 0.1) is 12.8 Å². The van der Waals surface area contributed by atoms with Crippen LogP contribution in [0.1, 0.15) is 26.3 Å². The molecule has 1 amide bonds. The maximum Gasteiger partial charge on any atom is 0.242 e. The predicted molar refractivity (Wildman–Crippen MR) is 82.0 cm³/mol. The molecule has 19 heavy (non-hydrogen) atoms. The second-order valence-corrected chi connectivity index (χ2v) is 5.80. The largest absolute Gasteiger partial charge is 0.397 e. The van der Waals surface area contributed by atoms with Gasteiger partial charge in [0.15, 0.2) is 0 Å². The van der Waals surface area contributed by atoms with Crippen molar-refractivity contribution in [3.8, 4) is 0 Å². The molecule has 0 saturated heterocycles. The van der Waals surface area contributed by atoms with Gasteiger partial charge in [0.1, 0.15) is 11.9 Å². The van der Waals surface area contributed by atoms with E-state index in [1.54, 1.807) is 13.1 Å². The van der Waals surface area contributed by atoms with E-state index in [4.69, 9.17) is 5.73 Å². The van der Waals surface area contributed by atoms with Crippen LogP contribution in [0.5, 0.6) is 0 Å². The van der Waals surface area contributed by atoms with Crippen molar-refractivity contribution < 1.29 is 4.79 Å². The molecule has 5 nitrogen and oxygen atoms in total. The van der Waals surface area contributed by atoms with Crippen LogP contribution in [0.15, 0.2) is 10.7 Å². The minimum absolute atomic E-state index is 0.0446. The number of nitrogens with one attached hydrogen (secondary N) is 2. The molecule has 0 aliphatic carbocycles. The van der Waals surface area contributed by atoms with E-state index >= 15 is 0 Å². The van der Waals surface area contributed by atoms with Crippen molar-refractivity contribution in [3.05, 3.63) is 16.2 Å². The summed E-state index contributed by atoms with van der Waals surface area (Å²) in [5.74, 6) is 1.01. The fraction of sp³-hybridized carbons (Fsp3) is 0.538. The third-order valence-electron chi connectivity index (χ3n) is 2.73. The van der Waals surface area contributed by atoms with Crippen molar-refractivity contribution in [2.24, 2.45) is 5.92 Å². The summed E-state index contributed by atoms with van der Waals surface area (Å²) in [6.45, 7) is 8.48. The van der Waals surface area contributed by atoms with Crippen LogP contribution in [0.2, 0.25) is 0 Å². The second-order valence-electron chi connectivity index (χ2n) is 5.01. The van der Waals surface area contributed by atoms with Crippen molar-refractivity contribution in [2.45, 2.75) is 33.7 Å². The van der Waals surface area contributed by atoms with Crippen LogP contribution in [-0.4, -0.2) is 23.5 Å². The third-order valence-corrected chi connectivity index (χ3v) is 3.70. The molecule has 0 aromatic carbocycles. The summed E-state index contributed by atoms with van der Waals surface area (Å²) in [6, 6.07) is -0.356. The molecule has 0 spiro atoms. The van der Waals surface area contributed by atoms with E-state index in [2.05, 4.69) is 45.4 Å². The third kappa shape index (κ3) is 4.38. The molecule has 1 aromatic heterocycles. The Kier molecular flexibility index (Phi) is 5.60. The zero-order chi connectivity index (χ0) is 14.6. The van der Waals surface area contributed by atoms with Gasteiger partial charge in [-0.2, -0.15) is 0 Å². The molecule has 106 valence electrons. The molecule has 1 heterocycles. The Morgan fingerprint density at radius 3 is 2.68 bits per heavy atom. The lowest BCUT2D eigenvalue weighted by molar-refractivity contribution is -0.121. The quantitative estimate of drug-likeness (QED) is 0.774. The summed E-state index contributed by atoms with van der Waals surface area (Å²) in [4.78, 5) is 16.1. The van der Waals surface area contributed by atoms with Crippen molar-refractivity contribution in [1.29, 1.82) is 0 Å². The number of hydrogen-bond acceptors (Lipinski definition) is 4. The summed E-state index contributed by atoms with van der Waals surface area (Å²) in [5, 5.41) is 5.95. The van der Waals surface area contributed by atoms with Crippen molar-refractivity contribution in [2.75, 3.05) is 17.6 Å². The van der Waals surface area contributed by atoms with Gasteiger partial charge in [0.2, 0.25) is 5.91 Å². The summed E-state index contributed by atoms with van der Waals surface area (Å²) in [7, 11) is 0. The van der Waals surface area contributed by atoms with Crippen LogP contribution in [0.3, 0.4) is 0 Å². The first-order valence-electron chi connectivity index (χ1n) is 6.27. The Bertz CT molecular complexity index is 462. The maximum absolute atomic E-state index is 11.9. The minimum atomic E-state index is -0.356. The molecular weight excluding hydrogens is 308 g/mol. The number of halogens is 1. The van der Waals surface area contributed by atoms with Crippen LogP contribution in [0.4, 0.5) is 11.5 Å². The first-order chi connectivity index (χ1) is 8.82. The fourth-order valence-electron chi connectivity index (χ4n) is 1.42. The number of nitrogens with zero attached hydrogens (tertiary/aromatic N) is 1. The Balaban J connectivity index is 2.69. The number of pyridine rings is 1. The Labute approximate surface area is 122 Å². The predicted octanol–water partition coefficient (Wildman–Crippen LogP) is 2.31. The van der Waals surface area contributed by atoms with Gasteiger partial charge in [0.25, 0.3) is 0 Å². The van der Waals surface area contributed by atoms with E-state index in [1.807, 2.05) is 6.92 Å². The number of hydrogen-bond donors (Lipinski definition) is 3. The van der Waals surface area contributed by atoms with Gasteiger partial charge >= 0.3 is 0 Å². The average molecular weight is 329 g/mol. The van der Waals surface area contributed by atoms with Crippen LogP contribution in [-0.2, 0) is 4.79 Å². The van der Waals surface area contributed by atoms with Gasteiger partial charge in [-0.15, -0.1) is 0 Å². The number of carbonyl (C=O) groups excluding carboxylic acids is 1. The zero-order valence-electron chi connectivity index (χ0n) is 11.7. The van der Waals surface area contributed by atoms with Crippen LogP contribution < -0.4 is 16.4 Å². The van der Waals surface area contributed by atoms with Gasteiger partial charge in [-0.1, -0.05) is 13.8 Å². The van der Waals surface area contributed by atoms with E-state index in [0.29, 0.717) is 24.0 Å². The summed E-state index contributed by atoms with van der Waals surface area (Å²) in [6.07, 6.45) is 1.58. The normalized spacial score (nSPS) is 12.3. The fourth-order valence-corrected chi connectivity index (χ4v) is 1.87. The van der Waals surface area contributed by atoms with E-state index in [-0.39, 0.29) is 11.9 Å². The lowest BCUT2D eigenvalue weighted by Crippen LogP contribution is -2.39. The molecule has 1 atom stereocenters. The van der Waals surface area contributed by atoms with Crippen LogP contribution in [0.25, 0.3) is 0 Å². The lowest BCUT2D eigenvalue weighted by Gasteiger charge is -2.17. The lowest BCUT2D eigenvalue weighted by atomic mass is 10.2. The molecule has 0 saturated carbocycles. The molecule has 4 N–H and O–H groups in total. The number of nitrogens with two attached hydrogens (primary N) is 1. The maximum atomic E-state index is 11.9. The van der Waals surface area contributed by atoms with E-state index in [9.17, 15) is 4.79 Å². The number of rotatable bonds is 5. The van der Waals surface area contributed by atoms with Crippen molar-refractivity contribution in [3.63, 3.8) is 0 Å².